The third kappa shape index (κ3) is 3.90. The largest absolute Gasteiger partial charge is 0.271 e. The summed E-state index contributed by atoms with van der Waals surface area (Å²) in [5.41, 5.74) is 2.76. The monoisotopic (exact) mass is 359 g/mol. The zero-order valence-electron chi connectivity index (χ0n) is 14.5. The molecule has 0 saturated heterocycles. The number of aromatic nitrogens is 4. The average Bonchev–Trinajstić information content (AvgIpc) is 3.16. The zero-order chi connectivity index (χ0) is 18.0. The SMILES string of the molecule is CCn1cc(S(=O)(=O)Nc2ccn(Cc3ccc(C)cc3)n2)c(C)n1. The highest BCUT2D eigenvalue weighted by atomic mass is 32.2. The maximum Gasteiger partial charge on any atom is 0.266 e. The van der Waals surface area contributed by atoms with Gasteiger partial charge in [0.2, 0.25) is 0 Å². The molecule has 0 saturated carbocycles. The average molecular weight is 359 g/mol. The van der Waals surface area contributed by atoms with Gasteiger partial charge in [-0.3, -0.25) is 14.1 Å². The van der Waals surface area contributed by atoms with Crippen molar-refractivity contribution < 1.29 is 8.42 Å². The summed E-state index contributed by atoms with van der Waals surface area (Å²) in [5.74, 6) is 0.288. The molecular weight excluding hydrogens is 338 g/mol. The van der Waals surface area contributed by atoms with Crippen molar-refractivity contribution >= 4 is 15.8 Å². The van der Waals surface area contributed by atoms with Crippen LogP contribution in [0.4, 0.5) is 5.82 Å². The van der Waals surface area contributed by atoms with E-state index in [9.17, 15) is 8.42 Å². The number of nitrogens with one attached hydrogen (secondary N) is 1. The zero-order valence-corrected chi connectivity index (χ0v) is 15.3. The first-order chi connectivity index (χ1) is 11.9. The van der Waals surface area contributed by atoms with E-state index in [1.807, 2.05) is 38.1 Å². The minimum absolute atomic E-state index is 0.169. The van der Waals surface area contributed by atoms with Gasteiger partial charge in [0, 0.05) is 25.0 Å². The van der Waals surface area contributed by atoms with E-state index < -0.39 is 10.0 Å². The number of aryl methyl sites for hydroxylation is 3. The number of rotatable bonds is 6. The van der Waals surface area contributed by atoms with Crippen LogP contribution in [0.2, 0.25) is 0 Å². The van der Waals surface area contributed by atoms with Gasteiger partial charge in [0.25, 0.3) is 10.0 Å². The molecule has 0 fully saturated rings. The molecule has 0 aliphatic carbocycles. The van der Waals surface area contributed by atoms with Crippen LogP contribution in [0.1, 0.15) is 23.7 Å². The predicted octanol–water partition coefficient (Wildman–Crippen LogP) is 2.57. The van der Waals surface area contributed by atoms with Gasteiger partial charge >= 0.3 is 0 Å². The molecule has 1 N–H and O–H groups in total. The third-order valence-corrected chi connectivity index (χ3v) is 5.32. The van der Waals surface area contributed by atoms with Gasteiger partial charge in [-0.2, -0.15) is 10.2 Å². The molecule has 3 rings (SSSR count). The number of sulfonamides is 1. The van der Waals surface area contributed by atoms with Crippen molar-refractivity contribution in [3.8, 4) is 0 Å². The Morgan fingerprint density at radius 3 is 2.40 bits per heavy atom. The summed E-state index contributed by atoms with van der Waals surface area (Å²) < 4.78 is 30.9. The molecule has 0 radical (unpaired) electrons. The molecule has 0 amide bonds. The van der Waals surface area contributed by atoms with Crippen molar-refractivity contribution in [3.05, 3.63) is 59.5 Å². The Morgan fingerprint density at radius 2 is 1.76 bits per heavy atom. The summed E-state index contributed by atoms with van der Waals surface area (Å²) >= 11 is 0. The minimum Gasteiger partial charge on any atom is -0.271 e. The van der Waals surface area contributed by atoms with Crippen molar-refractivity contribution in [2.75, 3.05) is 4.72 Å². The van der Waals surface area contributed by atoms with Crippen LogP contribution < -0.4 is 4.72 Å². The quantitative estimate of drug-likeness (QED) is 0.733. The minimum atomic E-state index is -3.71. The van der Waals surface area contributed by atoms with Gasteiger partial charge in [-0.25, -0.2) is 8.42 Å². The lowest BCUT2D eigenvalue weighted by Crippen LogP contribution is -2.14. The Kier molecular flexibility index (Phi) is 4.63. The van der Waals surface area contributed by atoms with Gasteiger partial charge in [0.05, 0.1) is 12.2 Å². The van der Waals surface area contributed by atoms with Crippen LogP contribution in [0.15, 0.2) is 47.6 Å². The van der Waals surface area contributed by atoms with Crippen LogP contribution in [0, 0.1) is 13.8 Å². The van der Waals surface area contributed by atoms with Crippen LogP contribution >= 0.6 is 0 Å². The molecule has 2 aromatic heterocycles. The first kappa shape index (κ1) is 17.2. The topological polar surface area (TPSA) is 81.8 Å². The van der Waals surface area contributed by atoms with E-state index in [4.69, 9.17) is 0 Å². The molecule has 2 heterocycles. The second-order valence-electron chi connectivity index (χ2n) is 5.92. The molecule has 0 atom stereocenters. The number of hydrogen-bond acceptors (Lipinski definition) is 4. The van der Waals surface area contributed by atoms with Gasteiger partial charge in [-0.15, -0.1) is 0 Å². The molecule has 3 aromatic rings. The van der Waals surface area contributed by atoms with Crippen molar-refractivity contribution in [2.45, 2.75) is 38.8 Å². The third-order valence-electron chi connectivity index (χ3n) is 3.86. The lowest BCUT2D eigenvalue weighted by atomic mass is 10.1. The Morgan fingerprint density at radius 1 is 1.04 bits per heavy atom. The Balaban J connectivity index is 1.76. The van der Waals surface area contributed by atoms with E-state index in [2.05, 4.69) is 14.9 Å². The number of anilines is 1. The van der Waals surface area contributed by atoms with Crippen molar-refractivity contribution in [2.24, 2.45) is 0 Å². The lowest BCUT2D eigenvalue weighted by Gasteiger charge is -2.05. The van der Waals surface area contributed by atoms with E-state index in [1.165, 1.54) is 11.8 Å². The summed E-state index contributed by atoms with van der Waals surface area (Å²) in [6.45, 7) is 6.81. The normalized spacial score (nSPS) is 11.6. The fourth-order valence-electron chi connectivity index (χ4n) is 2.50. The number of hydrogen-bond donors (Lipinski definition) is 1. The first-order valence-electron chi connectivity index (χ1n) is 8.03. The maximum absolute atomic E-state index is 12.5. The van der Waals surface area contributed by atoms with Gasteiger partial charge in [-0.1, -0.05) is 29.8 Å². The van der Waals surface area contributed by atoms with E-state index in [-0.39, 0.29) is 10.7 Å². The lowest BCUT2D eigenvalue weighted by molar-refractivity contribution is 0.599. The predicted molar refractivity (Wildman–Crippen MR) is 96.0 cm³/mol. The van der Waals surface area contributed by atoms with Crippen molar-refractivity contribution in [1.29, 1.82) is 0 Å². The van der Waals surface area contributed by atoms with Crippen LogP contribution in [0.5, 0.6) is 0 Å². The van der Waals surface area contributed by atoms with Crippen molar-refractivity contribution in [3.63, 3.8) is 0 Å². The number of nitrogens with zero attached hydrogens (tertiary/aromatic N) is 4. The molecule has 0 spiro atoms. The highest BCUT2D eigenvalue weighted by Crippen LogP contribution is 2.17. The Hall–Kier alpha value is -2.61. The van der Waals surface area contributed by atoms with Crippen LogP contribution in [-0.4, -0.2) is 28.0 Å². The van der Waals surface area contributed by atoms with Crippen LogP contribution in [-0.2, 0) is 23.1 Å². The molecule has 0 aliphatic rings. The second kappa shape index (κ2) is 6.72. The standard InChI is InChI=1S/C17H21N5O2S/c1-4-21-12-16(14(3)18-21)25(23,24)20-17-9-10-22(19-17)11-15-7-5-13(2)6-8-15/h5-10,12H,4,11H2,1-3H3,(H,19,20). The highest BCUT2D eigenvalue weighted by Gasteiger charge is 2.21. The molecular formula is C17H21N5O2S. The van der Waals surface area contributed by atoms with Gasteiger partial charge < -0.3 is 0 Å². The summed E-state index contributed by atoms with van der Waals surface area (Å²) in [6.07, 6.45) is 3.28. The first-order valence-corrected chi connectivity index (χ1v) is 9.51. The summed E-state index contributed by atoms with van der Waals surface area (Å²) in [4.78, 5) is 0.169. The Bertz CT molecular complexity index is 971. The molecule has 7 nitrogen and oxygen atoms in total. The van der Waals surface area contributed by atoms with Crippen molar-refractivity contribution in [1.82, 2.24) is 19.6 Å². The molecule has 0 aliphatic heterocycles. The molecule has 0 unspecified atom stereocenters. The van der Waals surface area contributed by atoms with Crippen LogP contribution in [0.25, 0.3) is 0 Å². The van der Waals surface area contributed by atoms with E-state index in [0.29, 0.717) is 18.8 Å². The van der Waals surface area contributed by atoms with E-state index >= 15 is 0 Å². The second-order valence-corrected chi connectivity index (χ2v) is 7.57. The molecule has 25 heavy (non-hydrogen) atoms. The molecule has 1 aromatic carbocycles. The molecule has 132 valence electrons. The van der Waals surface area contributed by atoms with E-state index in [1.54, 1.807) is 28.6 Å². The summed E-state index contributed by atoms with van der Waals surface area (Å²) in [7, 11) is -3.71. The molecule has 8 heteroatoms. The smallest absolute Gasteiger partial charge is 0.266 e. The summed E-state index contributed by atoms with van der Waals surface area (Å²) in [6, 6.07) is 9.78. The maximum atomic E-state index is 12.5. The van der Waals surface area contributed by atoms with Gasteiger partial charge in [0.15, 0.2) is 5.82 Å². The van der Waals surface area contributed by atoms with Gasteiger partial charge in [0.1, 0.15) is 4.90 Å². The van der Waals surface area contributed by atoms with Crippen LogP contribution in [0.3, 0.4) is 0 Å². The number of benzene rings is 1. The fraction of sp³-hybridized carbons (Fsp3) is 0.294. The molecule has 0 bridgehead atoms. The fourth-order valence-corrected chi connectivity index (χ4v) is 3.69. The van der Waals surface area contributed by atoms with E-state index in [0.717, 1.165) is 5.56 Å². The Labute approximate surface area is 147 Å². The highest BCUT2D eigenvalue weighted by molar-refractivity contribution is 7.92. The summed E-state index contributed by atoms with van der Waals surface area (Å²) in [5, 5.41) is 8.47. The van der Waals surface area contributed by atoms with Gasteiger partial charge in [-0.05, 0) is 26.3 Å².